The summed E-state index contributed by atoms with van der Waals surface area (Å²) < 4.78 is 0. The second-order valence-electron chi connectivity index (χ2n) is 3.44. The Balaban J connectivity index is 2.13. The van der Waals surface area contributed by atoms with E-state index >= 15 is 0 Å². The molecule has 2 N–H and O–H groups in total. The number of rotatable bonds is 4. The molecule has 0 aliphatic carbocycles. The first kappa shape index (κ1) is 11.2. The van der Waals surface area contributed by atoms with Crippen LogP contribution in [0.3, 0.4) is 0 Å². The van der Waals surface area contributed by atoms with Gasteiger partial charge in [-0.25, -0.2) is 0 Å². The van der Waals surface area contributed by atoms with Crippen molar-refractivity contribution >= 4 is 11.8 Å². The third kappa shape index (κ3) is 2.84. The van der Waals surface area contributed by atoms with Crippen molar-refractivity contribution in [3.05, 3.63) is 60.4 Å². The van der Waals surface area contributed by atoms with Gasteiger partial charge in [0.15, 0.2) is 0 Å². The molecule has 0 spiro atoms. The van der Waals surface area contributed by atoms with Crippen molar-refractivity contribution in [2.75, 3.05) is 6.54 Å². The number of pyridine rings is 1. The third-order valence-electron chi connectivity index (χ3n) is 2.29. The average molecular weight is 230 g/mol. The van der Waals surface area contributed by atoms with Gasteiger partial charge in [0, 0.05) is 29.1 Å². The molecule has 2 aromatic rings. The van der Waals surface area contributed by atoms with Crippen molar-refractivity contribution < 1.29 is 0 Å². The van der Waals surface area contributed by atoms with Crippen molar-refractivity contribution in [3.8, 4) is 0 Å². The minimum absolute atomic E-state index is 0.274. The molecule has 0 aliphatic heterocycles. The highest BCUT2D eigenvalue weighted by Crippen LogP contribution is 2.33. The highest BCUT2D eigenvalue weighted by molar-refractivity contribution is 7.99. The Labute approximate surface area is 99.9 Å². The zero-order chi connectivity index (χ0) is 11.2. The van der Waals surface area contributed by atoms with Crippen molar-refractivity contribution in [1.29, 1.82) is 0 Å². The fraction of sp³-hybridized carbons (Fsp3) is 0.154. The summed E-state index contributed by atoms with van der Waals surface area (Å²) in [5.74, 6) is 0. The fourth-order valence-corrected chi connectivity index (χ4v) is 2.50. The number of thioether (sulfide) groups is 1. The Morgan fingerprint density at radius 3 is 2.56 bits per heavy atom. The maximum absolute atomic E-state index is 5.80. The summed E-state index contributed by atoms with van der Waals surface area (Å²) in [6.07, 6.45) is 3.66. The zero-order valence-electron chi connectivity index (χ0n) is 8.91. The second kappa shape index (κ2) is 5.68. The molecule has 16 heavy (non-hydrogen) atoms. The molecule has 0 amide bonds. The van der Waals surface area contributed by atoms with Crippen LogP contribution >= 0.6 is 11.8 Å². The predicted molar refractivity (Wildman–Crippen MR) is 68.3 cm³/mol. The molecule has 1 atom stereocenters. The van der Waals surface area contributed by atoms with Gasteiger partial charge >= 0.3 is 0 Å². The van der Waals surface area contributed by atoms with Crippen molar-refractivity contribution in [2.24, 2.45) is 5.73 Å². The molecule has 0 fully saturated rings. The molecular weight excluding hydrogens is 216 g/mol. The largest absolute Gasteiger partial charge is 0.329 e. The number of nitrogens with two attached hydrogens (primary N) is 1. The van der Waals surface area contributed by atoms with E-state index in [0.29, 0.717) is 6.54 Å². The Morgan fingerprint density at radius 1 is 1.12 bits per heavy atom. The molecule has 1 aromatic heterocycles. The zero-order valence-corrected chi connectivity index (χ0v) is 9.73. The molecular formula is C13H14N2S. The summed E-state index contributed by atoms with van der Waals surface area (Å²) in [7, 11) is 0. The Morgan fingerprint density at radius 2 is 1.94 bits per heavy atom. The van der Waals surface area contributed by atoms with E-state index in [-0.39, 0.29) is 5.25 Å². The molecule has 1 unspecified atom stereocenters. The molecule has 0 aliphatic rings. The maximum Gasteiger partial charge on any atom is 0.0482 e. The van der Waals surface area contributed by atoms with E-state index in [1.165, 1.54) is 10.5 Å². The molecule has 1 aromatic carbocycles. The normalized spacial score (nSPS) is 12.3. The van der Waals surface area contributed by atoms with Crippen LogP contribution in [0, 0.1) is 0 Å². The van der Waals surface area contributed by atoms with Crippen LogP contribution < -0.4 is 5.73 Å². The molecule has 0 saturated heterocycles. The Hall–Kier alpha value is -1.32. The van der Waals surface area contributed by atoms with Crippen LogP contribution in [0.5, 0.6) is 0 Å². The van der Waals surface area contributed by atoms with Gasteiger partial charge in [-0.1, -0.05) is 24.3 Å². The molecule has 2 nitrogen and oxygen atoms in total. The van der Waals surface area contributed by atoms with Gasteiger partial charge < -0.3 is 5.73 Å². The number of hydrogen-bond acceptors (Lipinski definition) is 3. The molecule has 82 valence electrons. The number of benzene rings is 1. The van der Waals surface area contributed by atoms with E-state index in [9.17, 15) is 0 Å². The maximum atomic E-state index is 5.80. The second-order valence-corrected chi connectivity index (χ2v) is 4.72. The number of nitrogens with zero attached hydrogens (tertiary/aromatic N) is 1. The molecule has 0 radical (unpaired) electrons. The van der Waals surface area contributed by atoms with E-state index in [2.05, 4.69) is 23.2 Å². The fourth-order valence-electron chi connectivity index (χ4n) is 1.48. The molecule has 0 bridgehead atoms. The lowest BCUT2D eigenvalue weighted by Gasteiger charge is -2.14. The van der Waals surface area contributed by atoms with Crippen molar-refractivity contribution in [2.45, 2.75) is 10.1 Å². The van der Waals surface area contributed by atoms with Gasteiger partial charge in [-0.05, 0) is 23.8 Å². The van der Waals surface area contributed by atoms with Crippen LogP contribution in [-0.2, 0) is 0 Å². The lowest BCUT2D eigenvalue weighted by molar-refractivity contribution is 0.932. The quantitative estimate of drug-likeness (QED) is 0.821. The van der Waals surface area contributed by atoms with E-state index in [4.69, 9.17) is 5.73 Å². The lowest BCUT2D eigenvalue weighted by atomic mass is 10.2. The summed E-state index contributed by atoms with van der Waals surface area (Å²) in [6, 6.07) is 14.3. The van der Waals surface area contributed by atoms with Crippen LogP contribution in [0.15, 0.2) is 59.8 Å². The van der Waals surface area contributed by atoms with E-state index < -0.39 is 0 Å². The van der Waals surface area contributed by atoms with E-state index in [1.807, 2.05) is 30.5 Å². The van der Waals surface area contributed by atoms with Gasteiger partial charge in [0.2, 0.25) is 0 Å². The number of aromatic nitrogens is 1. The van der Waals surface area contributed by atoms with Crippen LogP contribution in [0.4, 0.5) is 0 Å². The van der Waals surface area contributed by atoms with Crippen LogP contribution in [-0.4, -0.2) is 11.5 Å². The van der Waals surface area contributed by atoms with E-state index in [1.54, 1.807) is 18.0 Å². The van der Waals surface area contributed by atoms with Crippen molar-refractivity contribution in [1.82, 2.24) is 4.98 Å². The predicted octanol–water partition coefficient (Wildman–Crippen LogP) is 2.87. The summed E-state index contributed by atoms with van der Waals surface area (Å²) >= 11 is 1.78. The standard InChI is InChI=1S/C13H14N2S/c14-9-13(11-5-4-8-15-10-11)16-12-6-2-1-3-7-12/h1-8,10,13H,9,14H2. The lowest BCUT2D eigenvalue weighted by Crippen LogP contribution is -2.09. The van der Waals surface area contributed by atoms with Gasteiger partial charge in [0.25, 0.3) is 0 Å². The minimum Gasteiger partial charge on any atom is -0.329 e. The molecule has 3 heteroatoms. The highest BCUT2D eigenvalue weighted by atomic mass is 32.2. The highest BCUT2D eigenvalue weighted by Gasteiger charge is 2.10. The first-order valence-corrected chi connectivity index (χ1v) is 6.10. The monoisotopic (exact) mass is 230 g/mol. The Kier molecular flexibility index (Phi) is 3.97. The van der Waals surface area contributed by atoms with Gasteiger partial charge in [0.1, 0.15) is 0 Å². The topological polar surface area (TPSA) is 38.9 Å². The molecule has 0 saturated carbocycles. The van der Waals surface area contributed by atoms with Gasteiger partial charge in [-0.2, -0.15) is 0 Å². The third-order valence-corrected chi connectivity index (χ3v) is 3.59. The summed E-state index contributed by atoms with van der Waals surface area (Å²) in [6.45, 7) is 0.616. The minimum atomic E-state index is 0.274. The molecule has 2 rings (SSSR count). The Bertz CT molecular complexity index is 416. The van der Waals surface area contributed by atoms with Gasteiger partial charge in [-0.15, -0.1) is 11.8 Å². The van der Waals surface area contributed by atoms with Crippen LogP contribution in [0.1, 0.15) is 10.8 Å². The van der Waals surface area contributed by atoms with Gasteiger partial charge in [0.05, 0.1) is 0 Å². The van der Waals surface area contributed by atoms with Gasteiger partial charge in [-0.3, -0.25) is 4.98 Å². The SMILES string of the molecule is NCC(Sc1ccccc1)c1cccnc1. The van der Waals surface area contributed by atoms with Crippen molar-refractivity contribution in [3.63, 3.8) is 0 Å². The van der Waals surface area contributed by atoms with E-state index in [0.717, 1.165) is 0 Å². The number of hydrogen-bond donors (Lipinski definition) is 1. The van der Waals surface area contributed by atoms with Crippen LogP contribution in [0.25, 0.3) is 0 Å². The first-order chi connectivity index (χ1) is 7.90. The van der Waals surface area contributed by atoms with Crippen LogP contribution in [0.2, 0.25) is 0 Å². The smallest absolute Gasteiger partial charge is 0.0482 e. The summed E-state index contributed by atoms with van der Waals surface area (Å²) in [5, 5.41) is 0.274. The summed E-state index contributed by atoms with van der Waals surface area (Å²) in [5.41, 5.74) is 6.98. The first-order valence-electron chi connectivity index (χ1n) is 5.22. The summed E-state index contributed by atoms with van der Waals surface area (Å²) in [4.78, 5) is 5.36. The molecule has 1 heterocycles. The average Bonchev–Trinajstić information content (AvgIpc) is 2.38.